The molecule has 0 bridgehead atoms. The third kappa shape index (κ3) is 2.22. The Morgan fingerprint density at radius 2 is 2.32 bits per heavy atom. The number of carbonyl (C=O) groups excluding carboxylic acids is 1. The number of thiazole rings is 1. The Morgan fingerprint density at radius 3 is 3.00 bits per heavy atom. The summed E-state index contributed by atoms with van der Waals surface area (Å²) in [6.07, 6.45) is 0.513. The lowest BCUT2D eigenvalue weighted by Crippen LogP contribution is -2.24. The van der Waals surface area contributed by atoms with Gasteiger partial charge >= 0.3 is 0 Å². The maximum Gasteiger partial charge on any atom is 0.229 e. The van der Waals surface area contributed by atoms with E-state index in [-0.39, 0.29) is 11.8 Å². The van der Waals surface area contributed by atoms with Crippen molar-refractivity contribution >= 4 is 55.8 Å². The van der Waals surface area contributed by atoms with E-state index in [9.17, 15) is 4.79 Å². The van der Waals surface area contributed by atoms with Gasteiger partial charge in [-0.25, -0.2) is 4.98 Å². The molecule has 0 N–H and O–H groups in total. The van der Waals surface area contributed by atoms with Gasteiger partial charge in [-0.15, -0.1) is 11.6 Å². The number of alkyl halides is 1. The molecular weight excluding hydrogens is 303 g/mol. The van der Waals surface area contributed by atoms with Gasteiger partial charge in [0.25, 0.3) is 0 Å². The molecule has 2 heterocycles. The fourth-order valence-electron chi connectivity index (χ4n) is 2.27. The van der Waals surface area contributed by atoms with E-state index in [1.807, 2.05) is 19.1 Å². The van der Waals surface area contributed by atoms with Crippen LogP contribution < -0.4 is 4.90 Å². The van der Waals surface area contributed by atoms with Crippen LogP contribution in [0.4, 0.5) is 5.13 Å². The maximum absolute atomic E-state index is 12.0. The second kappa shape index (κ2) is 4.93. The normalized spacial score (nSPS) is 19.6. The lowest BCUT2D eigenvalue weighted by atomic mass is 10.2. The summed E-state index contributed by atoms with van der Waals surface area (Å²) in [7, 11) is 0. The van der Waals surface area contributed by atoms with Gasteiger partial charge in [0.2, 0.25) is 5.91 Å². The van der Waals surface area contributed by atoms with Crippen molar-refractivity contribution in [2.24, 2.45) is 5.92 Å². The summed E-state index contributed by atoms with van der Waals surface area (Å²) in [6.45, 7) is 2.61. The fraction of sp³-hybridized carbons (Fsp3) is 0.385. The Kier molecular flexibility index (Phi) is 3.41. The predicted molar refractivity (Wildman–Crippen MR) is 80.5 cm³/mol. The monoisotopic (exact) mass is 314 g/mol. The summed E-state index contributed by atoms with van der Waals surface area (Å²) >= 11 is 13.5. The van der Waals surface area contributed by atoms with E-state index in [0.29, 0.717) is 23.9 Å². The van der Waals surface area contributed by atoms with Crippen molar-refractivity contribution in [2.75, 3.05) is 17.3 Å². The molecule has 19 heavy (non-hydrogen) atoms. The number of carbonyl (C=O) groups is 1. The molecule has 3 rings (SSSR count). The number of nitrogens with zero attached hydrogens (tertiary/aromatic N) is 2. The molecule has 2 aromatic rings. The number of benzene rings is 1. The van der Waals surface area contributed by atoms with Gasteiger partial charge in [-0.05, 0) is 30.5 Å². The van der Waals surface area contributed by atoms with E-state index < -0.39 is 0 Å². The molecule has 1 aliphatic heterocycles. The summed E-state index contributed by atoms with van der Waals surface area (Å²) in [5.41, 5.74) is 1.84. The number of aromatic nitrogens is 1. The first-order valence-electron chi connectivity index (χ1n) is 6.02. The Morgan fingerprint density at radius 1 is 1.53 bits per heavy atom. The van der Waals surface area contributed by atoms with Crippen molar-refractivity contribution in [3.63, 3.8) is 0 Å². The summed E-state index contributed by atoms with van der Waals surface area (Å²) in [5, 5.41) is 1.45. The third-order valence-electron chi connectivity index (χ3n) is 3.39. The van der Waals surface area contributed by atoms with Crippen LogP contribution >= 0.6 is 34.5 Å². The first-order chi connectivity index (χ1) is 9.10. The number of anilines is 1. The van der Waals surface area contributed by atoms with Crippen LogP contribution in [0.1, 0.15) is 12.0 Å². The van der Waals surface area contributed by atoms with Gasteiger partial charge in [-0.2, -0.15) is 0 Å². The highest BCUT2D eigenvalue weighted by molar-refractivity contribution is 7.22. The molecule has 1 saturated heterocycles. The average Bonchev–Trinajstić information content (AvgIpc) is 2.97. The van der Waals surface area contributed by atoms with Crippen molar-refractivity contribution in [2.45, 2.75) is 13.3 Å². The molecule has 1 aromatic carbocycles. The van der Waals surface area contributed by atoms with Gasteiger partial charge < -0.3 is 0 Å². The second-order valence-corrected chi connectivity index (χ2v) is 6.47. The number of hydrogen-bond acceptors (Lipinski definition) is 3. The summed E-state index contributed by atoms with van der Waals surface area (Å²) in [6, 6.07) is 3.82. The van der Waals surface area contributed by atoms with Crippen molar-refractivity contribution in [3.05, 3.63) is 22.7 Å². The smallest absolute Gasteiger partial charge is 0.229 e. The van der Waals surface area contributed by atoms with Crippen LogP contribution in [-0.4, -0.2) is 23.3 Å². The molecule has 1 fully saturated rings. The molecule has 1 unspecified atom stereocenters. The van der Waals surface area contributed by atoms with E-state index in [1.165, 1.54) is 11.3 Å². The third-order valence-corrected chi connectivity index (χ3v) is 5.28. The van der Waals surface area contributed by atoms with Crippen LogP contribution in [-0.2, 0) is 4.79 Å². The number of rotatable bonds is 2. The maximum atomic E-state index is 12.0. The molecule has 1 atom stereocenters. The number of halogens is 2. The first kappa shape index (κ1) is 13.2. The molecule has 1 amide bonds. The zero-order valence-corrected chi connectivity index (χ0v) is 12.6. The fourth-order valence-corrected chi connectivity index (χ4v) is 3.68. The topological polar surface area (TPSA) is 33.2 Å². The summed E-state index contributed by atoms with van der Waals surface area (Å²) < 4.78 is 1.05. The zero-order valence-electron chi connectivity index (χ0n) is 10.3. The zero-order chi connectivity index (χ0) is 13.6. The van der Waals surface area contributed by atoms with E-state index in [4.69, 9.17) is 23.2 Å². The molecule has 0 radical (unpaired) electrons. The van der Waals surface area contributed by atoms with Gasteiger partial charge in [0.05, 0.1) is 10.2 Å². The lowest BCUT2D eigenvalue weighted by molar-refractivity contribution is -0.117. The minimum atomic E-state index is 0.105. The Hall–Kier alpha value is -0.840. The standard InChI is InChI=1S/C13H12Cl2N2OS/c1-7-9(15)2-3-10-12(7)16-13(19-10)17-6-8(5-14)4-11(17)18/h2-3,8H,4-6H2,1H3. The Balaban J connectivity index is 2.02. The van der Waals surface area contributed by atoms with Crippen molar-refractivity contribution in [1.82, 2.24) is 4.98 Å². The molecule has 0 aliphatic carbocycles. The number of hydrogen-bond donors (Lipinski definition) is 0. The molecule has 0 spiro atoms. The quantitative estimate of drug-likeness (QED) is 0.789. The largest absolute Gasteiger partial charge is 0.288 e. The van der Waals surface area contributed by atoms with Crippen LogP contribution in [0.5, 0.6) is 0 Å². The van der Waals surface area contributed by atoms with Crippen LogP contribution in [0.3, 0.4) is 0 Å². The highest BCUT2D eigenvalue weighted by Crippen LogP contribution is 2.35. The van der Waals surface area contributed by atoms with Crippen LogP contribution in [0.15, 0.2) is 12.1 Å². The highest BCUT2D eigenvalue weighted by atomic mass is 35.5. The molecule has 1 aliphatic rings. The number of amides is 1. The Bertz CT molecular complexity index is 655. The van der Waals surface area contributed by atoms with Crippen LogP contribution in [0, 0.1) is 12.8 Å². The molecule has 3 nitrogen and oxygen atoms in total. The molecular formula is C13H12Cl2N2OS. The van der Waals surface area contributed by atoms with Gasteiger partial charge in [0.1, 0.15) is 0 Å². The second-order valence-electron chi connectivity index (χ2n) is 4.74. The minimum absolute atomic E-state index is 0.105. The molecule has 1 aromatic heterocycles. The van der Waals surface area contributed by atoms with Crippen LogP contribution in [0.2, 0.25) is 5.02 Å². The van der Waals surface area contributed by atoms with E-state index >= 15 is 0 Å². The average molecular weight is 315 g/mol. The summed E-state index contributed by atoms with van der Waals surface area (Å²) in [5.74, 6) is 0.845. The molecule has 100 valence electrons. The first-order valence-corrected chi connectivity index (χ1v) is 7.75. The van der Waals surface area contributed by atoms with Gasteiger partial charge in [-0.3, -0.25) is 9.69 Å². The lowest BCUT2D eigenvalue weighted by Gasteiger charge is -2.11. The Labute approximate surface area is 125 Å². The number of fused-ring (bicyclic) bond motifs is 1. The van der Waals surface area contributed by atoms with Gasteiger partial charge in [-0.1, -0.05) is 22.9 Å². The molecule has 0 saturated carbocycles. The SMILES string of the molecule is Cc1c(Cl)ccc2sc(N3CC(CCl)CC3=O)nc12. The van der Waals surface area contributed by atoms with Gasteiger partial charge in [0.15, 0.2) is 5.13 Å². The van der Waals surface area contributed by atoms with E-state index in [2.05, 4.69) is 4.98 Å². The number of aryl methyl sites for hydroxylation is 1. The minimum Gasteiger partial charge on any atom is -0.288 e. The molecule has 6 heteroatoms. The summed E-state index contributed by atoms with van der Waals surface area (Å²) in [4.78, 5) is 18.3. The van der Waals surface area contributed by atoms with E-state index in [1.54, 1.807) is 4.90 Å². The van der Waals surface area contributed by atoms with Crippen molar-refractivity contribution < 1.29 is 4.79 Å². The van der Waals surface area contributed by atoms with Gasteiger partial charge in [0, 0.05) is 23.9 Å². The van der Waals surface area contributed by atoms with Crippen LogP contribution in [0.25, 0.3) is 10.2 Å². The predicted octanol–water partition coefficient (Wildman–Crippen LogP) is 3.85. The van der Waals surface area contributed by atoms with E-state index in [0.717, 1.165) is 20.9 Å². The van der Waals surface area contributed by atoms with Crippen molar-refractivity contribution in [1.29, 1.82) is 0 Å². The van der Waals surface area contributed by atoms with Crippen molar-refractivity contribution in [3.8, 4) is 0 Å². The highest BCUT2D eigenvalue weighted by Gasteiger charge is 2.32.